The Bertz CT molecular complexity index is 974. The maximum Gasteiger partial charge on any atom is 0.246 e. The number of hydrogen-bond acceptors (Lipinski definition) is 6. The maximum absolute atomic E-state index is 14.0. The van der Waals surface area contributed by atoms with E-state index in [1.807, 2.05) is 11.0 Å². The predicted molar refractivity (Wildman–Crippen MR) is 105 cm³/mol. The van der Waals surface area contributed by atoms with Crippen molar-refractivity contribution < 1.29 is 17.2 Å². The Morgan fingerprint density at radius 3 is 2.03 bits per heavy atom. The van der Waals surface area contributed by atoms with Gasteiger partial charge in [-0.3, -0.25) is 0 Å². The van der Waals surface area contributed by atoms with Crippen LogP contribution >= 0.6 is 0 Å². The van der Waals surface area contributed by atoms with Gasteiger partial charge in [-0.2, -0.15) is 4.31 Å². The number of anilines is 2. The smallest absolute Gasteiger partial charge is 0.246 e. The first-order valence-electron chi connectivity index (χ1n) is 9.72. The second-order valence-electron chi connectivity index (χ2n) is 7.25. The first-order chi connectivity index (χ1) is 13.9. The summed E-state index contributed by atoms with van der Waals surface area (Å²) < 4.78 is 53.8. The van der Waals surface area contributed by atoms with Gasteiger partial charge in [-0.05, 0) is 31.4 Å². The van der Waals surface area contributed by atoms with Crippen LogP contribution in [-0.2, 0) is 10.0 Å². The van der Waals surface area contributed by atoms with Gasteiger partial charge in [0.15, 0.2) is 0 Å². The third-order valence-corrected chi connectivity index (χ3v) is 7.32. The lowest BCUT2D eigenvalue weighted by molar-refractivity contribution is 0.381. The minimum atomic E-state index is -4.02. The second-order valence-corrected chi connectivity index (χ2v) is 9.15. The Balaban J connectivity index is 1.45. The molecule has 2 fully saturated rings. The number of nitrogens with zero attached hydrogens (tertiary/aromatic N) is 5. The van der Waals surface area contributed by atoms with Crippen LogP contribution in [0.15, 0.2) is 35.5 Å². The molecule has 0 spiro atoms. The second kappa shape index (κ2) is 8.19. The van der Waals surface area contributed by atoms with Crippen LogP contribution < -0.4 is 9.80 Å². The Morgan fingerprint density at radius 2 is 1.41 bits per heavy atom. The van der Waals surface area contributed by atoms with Crippen LogP contribution in [0, 0.1) is 11.6 Å². The summed E-state index contributed by atoms with van der Waals surface area (Å²) in [6.45, 7) is 3.21. The largest absolute Gasteiger partial charge is 0.356 e. The van der Waals surface area contributed by atoms with Crippen molar-refractivity contribution in [2.75, 3.05) is 49.1 Å². The third-order valence-electron chi connectivity index (χ3n) is 5.39. The first-order valence-corrected chi connectivity index (χ1v) is 11.2. The average molecular weight is 423 g/mol. The molecule has 0 amide bonds. The van der Waals surface area contributed by atoms with Crippen molar-refractivity contribution in [3.8, 4) is 0 Å². The molecule has 0 bridgehead atoms. The quantitative estimate of drug-likeness (QED) is 0.752. The van der Waals surface area contributed by atoms with Gasteiger partial charge in [0.2, 0.25) is 10.0 Å². The third kappa shape index (κ3) is 4.18. The number of hydrogen-bond donors (Lipinski definition) is 0. The summed E-state index contributed by atoms with van der Waals surface area (Å²) in [4.78, 5) is 12.5. The summed E-state index contributed by atoms with van der Waals surface area (Å²) in [7, 11) is -4.02. The molecule has 3 heterocycles. The van der Waals surface area contributed by atoms with Crippen molar-refractivity contribution >= 4 is 21.7 Å². The topological polar surface area (TPSA) is 69.6 Å². The number of halogens is 2. The molecular formula is C19H23F2N5O2S. The fourth-order valence-electron chi connectivity index (χ4n) is 3.79. The minimum Gasteiger partial charge on any atom is -0.356 e. The molecule has 1 aromatic carbocycles. The summed E-state index contributed by atoms with van der Waals surface area (Å²) in [6.07, 6.45) is 5.07. The molecule has 7 nitrogen and oxygen atoms in total. The zero-order chi connectivity index (χ0) is 20.4. The standard InChI is InChI=1S/C19H23F2N5O2S/c20-15-4-5-17(16(21)12-15)29(27,28)26-10-8-25(9-11-26)19-13-18(22-14-23-19)24-6-2-1-3-7-24/h4-5,12-14H,1-3,6-11H2. The fourth-order valence-corrected chi connectivity index (χ4v) is 5.25. The van der Waals surface area contributed by atoms with Gasteiger partial charge in [0, 0.05) is 51.4 Å². The van der Waals surface area contributed by atoms with E-state index in [0.717, 1.165) is 49.7 Å². The van der Waals surface area contributed by atoms with Crippen LogP contribution in [0.25, 0.3) is 0 Å². The number of benzene rings is 1. The zero-order valence-corrected chi connectivity index (χ0v) is 16.8. The summed E-state index contributed by atoms with van der Waals surface area (Å²) in [5.41, 5.74) is 0. The van der Waals surface area contributed by atoms with Crippen molar-refractivity contribution in [3.63, 3.8) is 0 Å². The van der Waals surface area contributed by atoms with E-state index in [0.29, 0.717) is 19.2 Å². The van der Waals surface area contributed by atoms with Crippen molar-refractivity contribution in [2.24, 2.45) is 0 Å². The molecule has 0 radical (unpaired) electrons. The highest BCUT2D eigenvalue weighted by atomic mass is 32.2. The molecule has 2 saturated heterocycles. The number of piperazine rings is 1. The predicted octanol–water partition coefficient (Wildman–Crippen LogP) is 2.26. The van der Waals surface area contributed by atoms with Crippen molar-refractivity contribution in [1.29, 1.82) is 0 Å². The van der Waals surface area contributed by atoms with Crippen LogP contribution in [-0.4, -0.2) is 62.0 Å². The van der Waals surface area contributed by atoms with E-state index in [1.54, 1.807) is 0 Å². The normalized spacial score (nSPS) is 18.8. The number of sulfonamides is 1. The van der Waals surface area contributed by atoms with Crippen molar-refractivity contribution in [1.82, 2.24) is 14.3 Å². The average Bonchev–Trinajstić information content (AvgIpc) is 2.74. The highest BCUT2D eigenvalue weighted by molar-refractivity contribution is 7.89. The van der Waals surface area contributed by atoms with Crippen LogP contribution in [0.1, 0.15) is 19.3 Å². The number of aromatic nitrogens is 2. The van der Waals surface area contributed by atoms with Crippen LogP contribution in [0.5, 0.6) is 0 Å². The summed E-state index contributed by atoms with van der Waals surface area (Å²) in [5, 5.41) is 0. The number of piperidine rings is 1. The SMILES string of the molecule is O=S(=O)(c1ccc(F)cc1F)N1CCN(c2cc(N3CCCCC3)ncn2)CC1. The lowest BCUT2D eigenvalue weighted by Gasteiger charge is -2.35. The molecule has 29 heavy (non-hydrogen) atoms. The summed E-state index contributed by atoms with van der Waals surface area (Å²) in [6, 6.07) is 4.46. The van der Waals surface area contributed by atoms with Gasteiger partial charge in [0.05, 0.1) is 0 Å². The Morgan fingerprint density at radius 1 is 0.793 bits per heavy atom. The van der Waals surface area contributed by atoms with Crippen LogP contribution in [0.4, 0.5) is 20.4 Å². The Hall–Kier alpha value is -2.33. The molecule has 2 aliphatic rings. The highest BCUT2D eigenvalue weighted by Gasteiger charge is 2.31. The van der Waals surface area contributed by atoms with Gasteiger partial charge in [-0.15, -0.1) is 0 Å². The summed E-state index contributed by atoms with van der Waals surface area (Å²) in [5.74, 6) is -0.238. The van der Waals surface area contributed by atoms with Crippen LogP contribution in [0.2, 0.25) is 0 Å². The maximum atomic E-state index is 14.0. The van der Waals surface area contributed by atoms with E-state index in [2.05, 4.69) is 14.9 Å². The highest BCUT2D eigenvalue weighted by Crippen LogP contribution is 2.25. The molecule has 156 valence electrons. The fraction of sp³-hybridized carbons (Fsp3) is 0.474. The van der Waals surface area contributed by atoms with Crippen LogP contribution in [0.3, 0.4) is 0 Å². The lowest BCUT2D eigenvalue weighted by atomic mass is 10.1. The lowest BCUT2D eigenvalue weighted by Crippen LogP contribution is -2.49. The molecule has 2 aliphatic heterocycles. The Kier molecular flexibility index (Phi) is 5.64. The van der Waals surface area contributed by atoms with Gasteiger partial charge >= 0.3 is 0 Å². The van der Waals surface area contributed by atoms with E-state index in [1.165, 1.54) is 17.1 Å². The monoisotopic (exact) mass is 423 g/mol. The van der Waals surface area contributed by atoms with Gasteiger partial charge in [-0.1, -0.05) is 0 Å². The molecule has 2 aromatic rings. The van der Waals surface area contributed by atoms with Gasteiger partial charge in [0.25, 0.3) is 0 Å². The molecular weight excluding hydrogens is 400 g/mol. The molecule has 1 aromatic heterocycles. The van der Waals surface area contributed by atoms with E-state index in [-0.39, 0.29) is 13.1 Å². The van der Waals surface area contributed by atoms with Gasteiger partial charge in [-0.25, -0.2) is 27.2 Å². The van der Waals surface area contributed by atoms with Crippen molar-refractivity contribution in [3.05, 3.63) is 42.2 Å². The molecule has 0 aliphatic carbocycles. The molecule has 10 heteroatoms. The number of rotatable bonds is 4. The molecule has 4 rings (SSSR count). The minimum absolute atomic E-state index is 0.197. The van der Waals surface area contributed by atoms with E-state index in [9.17, 15) is 17.2 Å². The first kappa shape index (κ1) is 20.0. The molecule has 0 atom stereocenters. The molecule has 0 N–H and O–H groups in total. The van der Waals surface area contributed by atoms with Gasteiger partial charge in [0.1, 0.15) is 34.5 Å². The molecule has 0 unspecified atom stereocenters. The van der Waals surface area contributed by atoms with Gasteiger partial charge < -0.3 is 9.80 Å². The molecule has 0 saturated carbocycles. The van der Waals surface area contributed by atoms with E-state index < -0.39 is 26.6 Å². The zero-order valence-electron chi connectivity index (χ0n) is 16.0. The van der Waals surface area contributed by atoms with E-state index in [4.69, 9.17) is 0 Å². The van der Waals surface area contributed by atoms with E-state index >= 15 is 0 Å². The summed E-state index contributed by atoms with van der Waals surface area (Å²) >= 11 is 0. The van der Waals surface area contributed by atoms with Crippen molar-refractivity contribution in [2.45, 2.75) is 24.2 Å². The Labute approximate surface area is 169 Å².